The van der Waals surface area contributed by atoms with Crippen LogP contribution >= 0.6 is 0 Å². The van der Waals surface area contributed by atoms with Crippen LogP contribution in [0.15, 0.2) is 17.0 Å². The highest BCUT2D eigenvalue weighted by Gasteiger charge is 2.35. The van der Waals surface area contributed by atoms with Gasteiger partial charge >= 0.3 is 0 Å². The zero-order valence-electron chi connectivity index (χ0n) is 12.1. The Morgan fingerprint density at radius 1 is 1.35 bits per heavy atom. The van der Waals surface area contributed by atoms with Gasteiger partial charge in [-0.1, -0.05) is 6.92 Å². The summed E-state index contributed by atoms with van der Waals surface area (Å²) in [4.78, 5) is -0.309. The fraction of sp³-hybridized carbons (Fsp3) is 0.571. The predicted octanol–water partition coefficient (Wildman–Crippen LogP) is 2.53. The Morgan fingerprint density at radius 3 is 2.60 bits per heavy atom. The average Bonchev–Trinajstić information content (AvgIpc) is 2.33. The molecule has 2 rings (SSSR count). The molecule has 2 unspecified atom stereocenters. The maximum atomic E-state index is 14.2. The lowest BCUT2D eigenvalue weighted by Gasteiger charge is -2.35. The molecule has 20 heavy (non-hydrogen) atoms. The first-order valence-electron chi connectivity index (χ1n) is 6.81. The fourth-order valence-corrected chi connectivity index (χ4v) is 4.65. The lowest BCUT2D eigenvalue weighted by Crippen LogP contribution is -2.44. The number of hydrogen-bond acceptors (Lipinski definition) is 3. The number of nitrogen functional groups attached to an aromatic ring is 1. The van der Waals surface area contributed by atoms with Crippen molar-refractivity contribution in [3.8, 4) is 0 Å². The van der Waals surface area contributed by atoms with E-state index < -0.39 is 15.8 Å². The first-order chi connectivity index (χ1) is 9.23. The molecular weight excluding hydrogens is 279 g/mol. The monoisotopic (exact) mass is 300 g/mol. The molecule has 0 spiro atoms. The Kier molecular flexibility index (Phi) is 4.07. The fourth-order valence-electron chi connectivity index (χ4n) is 2.82. The van der Waals surface area contributed by atoms with Crippen LogP contribution in [-0.2, 0) is 10.0 Å². The van der Waals surface area contributed by atoms with Crippen molar-refractivity contribution in [3.63, 3.8) is 0 Å². The summed E-state index contributed by atoms with van der Waals surface area (Å²) in [6.07, 6.45) is 1.59. The molecule has 0 aromatic heterocycles. The molecule has 112 valence electrons. The third-order valence-corrected chi connectivity index (χ3v) is 5.92. The van der Waals surface area contributed by atoms with E-state index in [9.17, 15) is 12.8 Å². The van der Waals surface area contributed by atoms with Gasteiger partial charge in [0.05, 0.1) is 0 Å². The first kappa shape index (κ1) is 15.3. The first-order valence-corrected chi connectivity index (χ1v) is 8.25. The topological polar surface area (TPSA) is 63.4 Å². The number of benzene rings is 1. The number of sulfonamides is 1. The quantitative estimate of drug-likeness (QED) is 0.854. The summed E-state index contributed by atoms with van der Waals surface area (Å²) >= 11 is 0. The molecule has 6 heteroatoms. The van der Waals surface area contributed by atoms with Crippen LogP contribution in [0.2, 0.25) is 0 Å². The van der Waals surface area contributed by atoms with Gasteiger partial charge in [-0.2, -0.15) is 4.31 Å². The summed E-state index contributed by atoms with van der Waals surface area (Å²) < 4.78 is 40.9. The molecule has 0 bridgehead atoms. The number of hydrogen-bond donors (Lipinski definition) is 1. The molecule has 0 saturated carbocycles. The minimum absolute atomic E-state index is 0.120. The van der Waals surface area contributed by atoms with Gasteiger partial charge in [-0.25, -0.2) is 12.8 Å². The van der Waals surface area contributed by atoms with Crippen molar-refractivity contribution in [2.75, 3.05) is 12.3 Å². The van der Waals surface area contributed by atoms with Gasteiger partial charge in [-0.05, 0) is 50.3 Å². The number of anilines is 1. The molecule has 0 radical (unpaired) electrons. The second-order valence-corrected chi connectivity index (χ2v) is 7.60. The third kappa shape index (κ3) is 2.67. The van der Waals surface area contributed by atoms with Gasteiger partial charge in [0.25, 0.3) is 0 Å². The number of aryl methyl sites for hydroxylation is 1. The van der Waals surface area contributed by atoms with E-state index in [1.165, 1.54) is 23.4 Å². The largest absolute Gasteiger partial charge is 0.399 e. The van der Waals surface area contributed by atoms with Crippen LogP contribution < -0.4 is 5.73 Å². The molecule has 1 aromatic rings. The van der Waals surface area contributed by atoms with E-state index >= 15 is 0 Å². The maximum absolute atomic E-state index is 14.2. The summed E-state index contributed by atoms with van der Waals surface area (Å²) in [6.45, 7) is 5.92. The van der Waals surface area contributed by atoms with Crippen LogP contribution in [0.4, 0.5) is 10.1 Å². The summed E-state index contributed by atoms with van der Waals surface area (Å²) in [7, 11) is -3.83. The molecule has 2 atom stereocenters. The molecule has 0 amide bonds. The molecule has 1 aliphatic rings. The Hall–Kier alpha value is -1.14. The van der Waals surface area contributed by atoms with Crippen molar-refractivity contribution in [1.29, 1.82) is 0 Å². The predicted molar refractivity (Wildman–Crippen MR) is 77.3 cm³/mol. The molecule has 1 saturated heterocycles. The molecule has 1 fully saturated rings. The van der Waals surface area contributed by atoms with E-state index in [0.29, 0.717) is 12.5 Å². The summed E-state index contributed by atoms with van der Waals surface area (Å²) in [5.41, 5.74) is 6.18. The van der Waals surface area contributed by atoms with Crippen LogP contribution in [0, 0.1) is 18.7 Å². The van der Waals surface area contributed by atoms with Gasteiger partial charge in [-0.3, -0.25) is 0 Å². The minimum Gasteiger partial charge on any atom is -0.399 e. The van der Waals surface area contributed by atoms with E-state index in [-0.39, 0.29) is 22.2 Å². The number of nitrogens with two attached hydrogens (primary N) is 1. The molecule has 2 N–H and O–H groups in total. The Balaban J connectivity index is 2.46. The van der Waals surface area contributed by atoms with Gasteiger partial charge < -0.3 is 5.73 Å². The van der Waals surface area contributed by atoms with Crippen molar-refractivity contribution in [2.24, 2.45) is 5.92 Å². The van der Waals surface area contributed by atoms with Gasteiger partial charge in [0.15, 0.2) is 0 Å². The van der Waals surface area contributed by atoms with E-state index in [4.69, 9.17) is 5.73 Å². The van der Waals surface area contributed by atoms with Crippen molar-refractivity contribution in [3.05, 3.63) is 23.5 Å². The molecule has 0 aliphatic carbocycles. The van der Waals surface area contributed by atoms with Crippen molar-refractivity contribution in [2.45, 2.75) is 44.6 Å². The maximum Gasteiger partial charge on any atom is 0.246 e. The Morgan fingerprint density at radius 2 is 2.00 bits per heavy atom. The van der Waals surface area contributed by atoms with Crippen molar-refractivity contribution < 1.29 is 12.8 Å². The third-order valence-electron chi connectivity index (χ3n) is 3.91. The Labute approximate surface area is 119 Å². The average molecular weight is 300 g/mol. The number of nitrogens with zero attached hydrogens (tertiary/aromatic N) is 1. The molecule has 1 aromatic carbocycles. The standard InChI is InChI=1S/C14H21FN2O2S/c1-9-4-5-17(11(3)6-9)20(18,19)13-8-12(16)7-10(2)14(13)15/h7-9,11H,4-6,16H2,1-3H3. The minimum atomic E-state index is -3.83. The van der Waals surface area contributed by atoms with Gasteiger partial charge in [0, 0.05) is 18.3 Å². The number of piperidine rings is 1. The number of halogens is 1. The zero-order chi connectivity index (χ0) is 15.1. The van der Waals surface area contributed by atoms with Crippen LogP contribution in [0.1, 0.15) is 32.3 Å². The molecular formula is C14H21FN2O2S. The van der Waals surface area contributed by atoms with E-state index in [1.54, 1.807) is 0 Å². The van der Waals surface area contributed by atoms with E-state index in [1.807, 2.05) is 6.92 Å². The van der Waals surface area contributed by atoms with E-state index in [2.05, 4.69) is 6.92 Å². The van der Waals surface area contributed by atoms with Gasteiger partial charge in [0.1, 0.15) is 10.7 Å². The van der Waals surface area contributed by atoms with Crippen LogP contribution in [0.25, 0.3) is 0 Å². The second-order valence-electron chi connectivity index (χ2n) is 5.74. The summed E-state index contributed by atoms with van der Waals surface area (Å²) in [6, 6.07) is 2.53. The van der Waals surface area contributed by atoms with Gasteiger partial charge in [-0.15, -0.1) is 0 Å². The zero-order valence-corrected chi connectivity index (χ0v) is 12.9. The summed E-state index contributed by atoms with van der Waals surface area (Å²) in [5, 5.41) is 0. The van der Waals surface area contributed by atoms with E-state index in [0.717, 1.165) is 12.8 Å². The lowest BCUT2D eigenvalue weighted by molar-refractivity contribution is 0.219. The lowest BCUT2D eigenvalue weighted by atomic mass is 9.95. The SMILES string of the molecule is Cc1cc(N)cc(S(=O)(=O)N2CCC(C)CC2C)c1F. The molecule has 1 heterocycles. The highest BCUT2D eigenvalue weighted by molar-refractivity contribution is 7.89. The second kappa shape index (κ2) is 5.33. The molecule has 1 aliphatic heterocycles. The molecule has 4 nitrogen and oxygen atoms in total. The van der Waals surface area contributed by atoms with Crippen LogP contribution in [-0.4, -0.2) is 25.3 Å². The smallest absolute Gasteiger partial charge is 0.246 e. The van der Waals surface area contributed by atoms with Crippen molar-refractivity contribution in [1.82, 2.24) is 4.31 Å². The number of rotatable bonds is 2. The summed E-state index contributed by atoms with van der Waals surface area (Å²) in [5.74, 6) is -0.214. The highest BCUT2D eigenvalue weighted by atomic mass is 32.2. The Bertz CT molecular complexity index is 616. The van der Waals surface area contributed by atoms with Crippen molar-refractivity contribution >= 4 is 15.7 Å². The highest BCUT2D eigenvalue weighted by Crippen LogP contribution is 2.30. The van der Waals surface area contributed by atoms with Crippen LogP contribution in [0.3, 0.4) is 0 Å². The normalized spacial score (nSPS) is 24.8. The van der Waals surface area contributed by atoms with Crippen LogP contribution in [0.5, 0.6) is 0 Å². The van der Waals surface area contributed by atoms with Gasteiger partial charge in [0.2, 0.25) is 10.0 Å².